The molecule has 0 fully saturated rings. The molecule has 0 saturated heterocycles. The average Bonchev–Trinajstić information content (AvgIpc) is 3.63. The fourth-order valence-electron chi connectivity index (χ4n) is 5.54. The average molecular weight is 503 g/mol. The molecule has 5 rings (SSSR count). The molecule has 0 aliphatic carbocycles. The van der Waals surface area contributed by atoms with Gasteiger partial charge in [0.15, 0.2) is 0 Å². The number of nitrogens with one attached hydrogen (secondary N) is 4. The van der Waals surface area contributed by atoms with Crippen LogP contribution in [0.5, 0.6) is 0 Å². The Labute approximate surface area is 217 Å². The number of H-pyrrole nitrogens is 4. The van der Waals surface area contributed by atoms with Crippen LogP contribution in [0, 0.1) is 0 Å². The zero-order chi connectivity index (χ0) is 26.3. The molecule has 0 saturated carbocycles. The molecule has 1 aliphatic heterocycles. The van der Waals surface area contributed by atoms with Crippen molar-refractivity contribution < 1.29 is 15.1 Å². The van der Waals surface area contributed by atoms with Gasteiger partial charge in [-0.15, -0.1) is 0 Å². The number of carbonyl (C=O) groups is 2. The number of rotatable bonds is 2. The van der Waals surface area contributed by atoms with Gasteiger partial charge in [-0.2, -0.15) is 0 Å². The van der Waals surface area contributed by atoms with E-state index >= 15 is 0 Å². The highest BCUT2D eigenvalue weighted by Gasteiger charge is 2.42. The number of hydrogen-bond donors (Lipinski definition) is 4. The van der Waals surface area contributed by atoms with Gasteiger partial charge in [-0.25, -0.2) is 0 Å². The summed E-state index contributed by atoms with van der Waals surface area (Å²) in [6.07, 6.45) is 0. The van der Waals surface area contributed by atoms with Gasteiger partial charge >= 0.3 is 0 Å². The van der Waals surface area contributed by atoms with Crippen LogP contribution in [0.4, 0.5) is 0 Å². The van der Waals surface area contributed by atoms with Crippen LogP contribution in [-0.4, -0.2) is 37.0 Å². The number of fused-ring (bicyclic) bond motifs is 8. The summed E-state index contributed by atoms with van der Waals surface area (Å²) < 4.78 is 0. The van der Waals surface area contributed by atoms with Gasteiger partial charge in [-0.3, -0.25) is 9.59 Å². The summed E-state index contributed by atoms with van der Waals surface area (Å²) in [5.41, 5.74) is 4.82. The van der Waals surface area contributed by atoms with Gasteiger partial charge in [0.25, 0.3) is 0 Å². The van der Waals surface area contributed by atoms with Crippen LogP contribution in [-0.2, 0) is 31.2 Å². The zero-order valence-corrected chi connectivity index (χ0v) is 22.9. The van der Waals surface area contributed by atoms with Crippen molar-refractivity contribution in [1.29, 1.82) is 0 Å². The second-order valence-electron chi connectivity index (χ2n) is 11.8. The minimum absolute atomic E-state index is 0. The predicted molar refractivity (Wildman–Crippen MR) is 145 cm³/mol. The molecule has 196 valence electrons. The Morgan fingerprint density at radius 3 is 0.838 bits per heavy atom. The monoisotopic (exact) mass is 502 g/mol. The van der Waals surface area contributed by atoms with Crippen molar-refractivity contribution in [2.24, 2.45) is 0 Å². The predicted octanol–water partition coefficient (Wildman–Crippen LogP) is 4.93. The summed E-state index contributed by atoms with van der Waals surface area (Å²) in [5, 5.41) is 0. The molecule has 7 heteroatoms. The summed E-state index contributed by atoms with van der Waals surface area (Å²) in [5.74, 6) is 0.116. The maximum absolute atomic E-state index is 13.1. The molecule has 0 radical (unpaired) electrons. The van der Waals surface area contributed by atoms with Crippen molar-refractivity contribution in [2.75, 3.05) is 0 Å². The lowest BCUT2D eigenvalue weighted by molar-refractivity contribution is -0.121. The molecule has 8 bridgehead atoms. The third kappa shape index (κ3) is 3.51. The van der Waals surface area contributed by atoms with E-state index in [-0.39, 0.29) is 17.0 Å². The third-order valence-electron chi connectivity index (χ3n) is 9.00. The Hall–Kier alpha value is -3.58. The second kappa shape index (κ2) is 8.21. The largest absolute Gasteiger partial charge is 0.412 e. The topological polar surface area (TPSA) is 129 Å². The Balaban J connectivity index is 0.00000320. The Morgan fingerprint density at radius 1 is 0.459 bits per heavy atom. The van der Waals surface area contributed by atoms with E-state index < -0.39 is 21.7 Å². The molecule has 0 atom stereocenters. The quantitative estimate of drug-likeness (QED) is 0.310. The first kappa shape index (κ1) is 26.5. The standard InChI is InChI=1S/C30H36N4O2.H2O/c1-17(35)29(7)23-13-9-19(31-23)27(3,4)21-11-15-25(33-21)30(8,18(2)36)26-16-12-22(34-26)28(5,6)20-10-14-24(29)32-20;/h9-16,31-34H,1-8H3;1H2. The molecule has 0 unspecified atom stereocenters. The number of ketones is 2. The Bertz CT molecular complexity index is 1290. The van der Waals surface area contributed by atoms with Gasteiger partial charge in [0.1, 0.15) is 22.4 Å². The molecule has 6 N–H and O–H groups in total. The number of carbonyl (C=O) groups excluding carboxylic acids is 2. The molecule has 5 heterocycles. The van der Waals surface area contributed by atoms with Crippen LogP contribution in [0.2, 0.25) is 0 Å². The van der Waals surface area contributed by atoms with Crippen LogP contribution in [0.25, 0.3) is 0 Å². The summed E-state index contributed by atoms with van der Waals surface area (Å²) in [4.78, 5) is 40.6. The van der Waals surface area contributed by atoms with Crippen LogP contribution in [0.1, 0.15) is 101 Å². The first-order valence-corrected chi connectivity index (χ1v) is 12.6. The molecular weight excluding hydrogens is 464 g/mol. The van der Waals surface area contributed by atoms with Crippen LogP contribution < -0.4 is 0 Å². The van der Waals surface area contributed by atoms with E-state index in [1.54, 1.807) is 13.8 Å². The Kier molecular flexibility index (Phi) is 5.88. The number of hydrogen-bond acceptors (Lipinski definition) is 2. The SMILES string of the molecule is CC(=O)C1(C)c2ccc([nH]2)C(C)(C)c2ccc([nH]2)C(C)(C(C)=O)c2ccc([nH]2)C(C)(C)c2ccc1[nH]2.O. The van der Waals surface area contributed by atoms with Crippen molar-refractivity contribution in [3.05, 3.63) is 94.1 Å². The summed E-state index contributed by atoms with van der Waals surface area (Å²) in [6.45, 7) is 15.8. The highest BCUT2D eigenvalue weighted by Crippen LogP contribution is 2.41. The van der Waals surface area contributed by atoms with Crippen molar-refractivity contribution in [3.63, 3.8) is 0 Å². The highest BCUT2D eigenvalue weighted by molar-refractivity contribution is 5.91. The molecule has 0 spiro atoms. The van der Waals surface area contributed by atoms with E-state index in [9.17, 15) is 9.59 Å². The fourth-order valence-corrected chi connectivity index (χ4v) is 5.54. The molecule has 37 heavy (non-hydrogen) atoms. The molecule has 7 nitrogen and oxygen atoms in total. The van der Waals surface area contributed by atoms with E-state index in [1.165, 1.54) is 0 Å². The van der Waals surface area contributed by atoms with Gasteiger partial charge in [0.05, 0.1) is 0 Å². The molecule has 1 aliphatic rings. The van der Waals surface area contributed by atoms with Crippen molar-refractivity contribution in [3.8, 4) is 0 Å². The van der Waals surface area contributed by atoms with E-state index in [0.29, 0.717) is 0 Å². The first-order chi connectivity index (χ1) is 16.7. The van der Waals surface area contributed by atoms with Gasteiger partial charge in [0.2, 0.25) is 0 Å². The second-order valence-corrected chi connectivity index (χ2v) is 11.8. The van der Waals surface area contributed by atoms with Gasteiger partial charge < -0.3 is 25.4 Å². The smallest absolute Gasteiger partial charge is 0.147 e. The number of aromatic nitrogens is 4. The zero-order valence-electron chi connectivity index (χ0n) is 22.9. The number of Topliss-reactive ketones (excluding diaryl/α,β-unsaturated/α-hetero) is 2. The van der Waals surface area contributed by atoms with Crippen LogP contribution in [0.15, 0.2) is 48.5 Å². The van der Waals surface area contributed by atoms with E-state index in [0.717, 1.165) is 45.6 Å². The van der Waals surface area contributed by atoms with E-state index in [1.807, 2.05) is 38.1 Å². The van der Waals surface area contributed by atoms with Crippen molar-refractivity contribution in [2.45, 2.75) is 77.0 Å². The normalized spacial score (nSPS) is 23.8. The van der Waals surface area contributed by atoms with Crippen LogP contribution in [0.3, 0.4) is 0 Å². The van der Waals surface area contributed by atoms with E-state index in [4.69, 9.17) is 0 Å². The minimum Gasteiger partial charge on any atom is -0.412 e. The maximum atomic E-state index is 13.1. The summed E-state index contributed by atoms with van der Waals surface area (Å²) in [6, 6.07) is 16.3. The summed E-state index contributed by atoms with van der Waals surface area (Å²) in [7, 11) is 0. The van der Waals surface area contributed by atoms with Crippen LogP contribution >= 0.6 is 0 Å². The summed E-state index contributed by atoms with van der Waals surface area (Å²) >= 11 is 0. The lowest BCUT2D eigenvalue weighted by Gasteiger charge is -2.29. The Morgan fingerprint density at radius 2 is 0.649 bits per heavy atom. The van der Waals surface area contributed by atoms with E-state index in [2.05, 4.69) is 71.9 Å². The van der Waals surface area contributed by atoms with Crippen molar-refractivity contribution >= 4 is 11.6 Å². The number of aromatic amines is 4. The first-order valence-electron chi connectivity index (χ1n) is 12.6. The van der Waals surface area contributed by atoms with Gasteiger partial charge in [-0.1, -0.05) is 0 Å². The highest BCUT2D eigenvalue weighted by atomic mass is 16.1. The maximum Gasteiger partial charge on any atom is 0.147 e. The van der Waals surface area contributed by atoms with Crippen molar-refractivity contribution in [1.82, 2.24) is 19.9 Å². The molecule has 4 aromatic rings. The molecule has 0 aromatic carbocycles. The molecule has 4 aromatic heterocycles. The molecular formula is C30H38N4O3. The van der Waals surface area contributed by atoms with Gasteiger partial charge in [0, 0.05) is 56.4 Å². The minimum atomic E-state index is -0.852. The lowest BCUT2D eigenvalue weighted by atomic mass is 9.80. The van der Waals surface area contributed by atoms with Gasteiger partial charge in [-0.05, 0) is 104 Å². The fraction of sp³-hybridized carbons (Fsp3) is 0.400. The molecule has 0 amide bonds. The third-order valence-corrected chi connectivity index (χ3v) is 9.00. The lowest BCUT2D eigenvalue weighted by Crippen LogP contribution is -2.34.